The molecule has 0 aliphatic carbocycles. The van der Waals surface area contributed by atoms with Crippen molar-refractivity contribution in [2.45, 2.75) is 32.8 Å². The lowest BCUT2D eigenvalue weighted by Gasteiger charge is -2.35. The van der Waals surface area contributed by atoms with Crippen molar-refractivity contribution in [3.05, 3.63) is 100 Å². The lowest BCUT2D eigenvalue weighted by atomic mass is 10.0. The summed E-state index contributed by atoms with van der Waals surface area (Å²) in [6.45, 7) is 6.95. The summed E-state index contributed by atoms with van der Waals surface area (Å²) >= 11 is 6.45. The molecule has 3 aromatic carbocycles. The molecular weight excluding hydrogens is 517 g/mol. The van der Waals surface area contributed by atoms with Gasteiger partial charge in [0, 0.05) is 60.0 Å². The largest absolute Gasteiger partial charge is 0.444 e. The lowest BCUT2D eigenvalue weighted by molar-refractivity contribution is 0.0141. The standard InChI is InChI=1S/C31H31ClFN3O3/c1-31(2,3)39-30(38)35-18-16-34(17-19-35)29(37)28-22-12-7-8-15-26(22)36(21-10-5-4-6-11-21)27(28)20-23-24(32)13-9-14-25(23)33/h4-15H,16-20H2,1-3H3. The Labute approximate surface area is 232 Å². The summed E-state index contributed by atoms with van der Waals surface area (Å²) in [6.07, 6.45) is -0.251. The van der Waals surface area contributed by atoms with E-state index in [1.54, 1.807) is 21.9 Å². The van der Waals surface area contributed by atoms with Gasteiger partial charge in [-0.25, -0.2) is 9.18 Å². The third-order valence-electron chi connectivity index (χ3n) is 6.83. The number of amides is 2. The maximum absolute atomic E-state index is 15.0. The van der Waals surface area contributed by atoms with Crippen LogP contribution in [0.4, 0.5) is 9.18 Å². The SMILES string of the molecule is CC(C)(C)OC(=O)N1CCN(C(=O)c2c(Cc3c(F)cccc3Cl)n(-c3ccccc3)c3ccccc23)CC1. The van der Waals surface area contributed by atoms with E-state index in [4.69, 9.17) is 16.3 Å². The van der Waals surface area contributed by atoms with Crippen LogP contribution in [0.5, 0.6) is 0 Å². The van der Waals surface area contributed by atoms with E-state index in [1.807, 2.05) is 79.9 Å². The second kappa shape index (κ2) is 10.7. The average Bonchev–Trinajstić information content (AvgIpc) is 3.24. The summed E-state index contributed by atoms with van der Waals surface area (Å²) in [5, 5.41) is 1.09. The number of nitrogens with zero attached hydrogens (tertiary/aromatic N) is 3. The zero-order valence-electron chi connectivity index (χ0n) is 22.3. The first-order valence-electron chi connectivity index (χ1n) is 13.0. The van der Waals surface area contributed by atoms with Crippen LogP contribution in [0.3, 0.4) is 0 Å². The highest BCUT2D eigenvalue weighted by Gasteiger charge is 2.32. The van der Waals surface area contributed by atoms with Gasteiger partial charge in [-0.3, -0.25) is 4.79 Å². The number of benzene rings is 3. The molecule has 1 aliphatic heterocycles. The maximum Gasteiger partial charge on any atom is 0.410 e. The molecule has 0 N–H and O–H groups in total. The molecule has 0 bridgehead atoms. The van der Waals surface area contributed by atoms with Gasteiger partial charge in [-0.1, -0.05) is 54.1 Å². The molecule has 1 saturated heterocycles. The number of rotatable bonds is 4. The molecule has 0 unspecified atom stereocenters. The van der Waals surface area contributed by atoms with E-state index in [-0.39, 0.29) is 18.4 Å². The highest BCUT2D eigenvalue weighted by atomic mass is 35.5. The Morgan fingerprint density at radius 2 is 1.51 bits per heavy atom. The van der Waals surface area contributed by atoms with E-state index in [0.29, 0.717) is 48.0 Å². The number of piperazine rings is 1. The van der Waals surface area contributed by atoms with Crippen molar-refractivity contribution in [3.63, 3.8) is 0 Å². The van der Waals surface area contributed by atoms with Gasteiger partial charge in [-0.15, -0.1) is 0 Å². The number of hydrogen-bond acceptors (Lipinski definition) is 3. The molecule has 0 saturated carbocycles. The minimum Gasteiger partial charge on any atom is -0.444 e. The molecule has 0 radical (unpaired) electrons. The molecule has 2 amide bonds. The van der Waals surface area contributed by atoms with E-state index in [9.17, 15) is 9.59 Å². The van der Waals surface area contributed by atoms with Gasteiger partial charge in [-0.05, 0) is 51.1 Å². The predicted octanol–water partition coefficient (Wildman–Crippen LogP) is 6.71. The van der Waals surface area contributed by atoms with Crippen LogP contribution in [0.2, 0.25) is 5.02 Å². The summed E-state index contributed by atoms with van der Waals surface area (Å²) in [5.74, 6) is -0.580. The van der Waals surface area contributed by atoms with Crippen LogP contribution < -0.4 is 0 Å². The molecule has 2 heterocycles. The van der Waals surface area contributed by atoms with Crippen molar-refractivity contribution in [2.75, 3.05) is 26.2 Å². The second-order valence-corrected chi connectivity index (χ2v) is 11.1. The van der Waals surface area contributed by atoms with Gasteiger partial charge in [0.15, 0.2) is 0 Å². The van der Waals surface area contributed by atoms with Gasteiger partial charge in [-0.2, -0.15) is 0 Å². The van der Waals surface area contributed by atoms with E-state index in [1.165, 1.54) is 6.07 Å². The van der Waals surface area contributed by atoms with Crippen LogP contribution in [-0.2, 0) is 11.2 Å². The van der Waals surface area contributed by atoms with Gasteiger partial charge in [0.1, 0.15) is 11.4 Å². The number of para-hydroxylation sites is 2. The van der Waals surface area contributed by atoms with E-state index in [0.717, 1.165) is 16.6 Å². The summed E-state index contributed by atoms with van der Waals surface area (Å²) in [4.78, 5) is 30.1. The Hall–Kier alpha value is -3.84. The van der Waals surface area contributed by atoms with Crippen molar-refractivity contribution < 1.29 is 18.7 Å². The molecule has 0 spiro atoms. The maximum atomic E-state index is 15.0. The van der Waals surface area contributed by atoms with Gasteiger partial charge in [0.2, 0.25) is 0 Å². The number of carbonyl (C=O) groups excluding carboxylic acids is 2. The summed E-state index contributed by atoms with van der Waals surface area (Å²) < 4.78 is 22.5. The first-order chi connectivity index (χ1) is 18.6. The number of hydrogen-bond donors (Lipinski definition) is 0. The topological polar surface area (TPSA) is 54.8 Å². The highest BCUT2D eigenvalue weighted by molar-refractivity contribution is 6.31. The van der Waals surface area contributed by atoms with Gasteiger partial charge < -0.3 is 19.1 Å². The van der Waals surface area contributed by atoms with Gasteiger partial charge >= 0.3 is 6.09 Å². The van der Waals surface area contributed by atoms with Crippen LogP contribution in [0.1, 0.15) is 42.4 Å². The van der Waals surface area contributed by atoms with E-state index in [2.05, 4.69) is 0 Å². The van der Waals surface area contributed by atoms with Crippen molar-refractivity contribution in [1.29, 1.82) is 0 Å². The molecule has 6 nitrogen and oxygen atoms in total. The smallest absolute Gasteiger partial charge is 0.410 e. The fourth-order valence-corrected chi connectivity index (χ4v) is 5.25. The first-order valence-corrected chi connectivity index (χ1v) is 13.4. The normalized spacial score (nSPS) is 14.1. The van der Waals surface area contributed by atoms with E-state index < -0.39 is 11.4 Å². The van der Waals surface area contributed by atoms with Crippen molar-refractivity contribution in [3.8, 4) is 5.69 Å². The quantitative estimate of drug-likeness (QED) is 0.285. The van der Waals surface area contributed by atoms with Gasteiger partial charge in [0.25, 0.3) is 5.91 Å². The fraction of sp³-hybridized carbons (Fsp3) is 0.290. The molecule has 0 atom stereocenters. The molecule has 1 fully saturated rings. The Kier molecular flexibility index (Phi) is 7.36. The van der Waals surface area contributed by atoms with Gasteiger partial charge in [0.05, 0.1) is 11.1 Å². The molecule has 1 aromatic heterocycles. The van der Waals surface area contributed by atoms with Crippen molar-refractivity contribution >= 4 is 34.5 Å². The van der Waals surface area contributed by atoms with Crippen LogP contribution in [0.15, 0.2) is 72.8 Å². The monoisotopic (exact) mass is 547 g/mol. The molecular formula is C31H31ClFN3O3. The molecule has 8 heteroatoms. The summed E-state index contributed by atoms with van der Waals surface area (Å²) in [7, 11) is 0. The molecule has 4 aromatic rings. The van der Waals surface area contributed by atoms with Crippen LogP contribution in [-0.4, -0.2) is 58.1 Å². The number of halogens is 2. The van der Waals surface area contributed by atoms with Crippen molar-refractivity contribution in [2.24, 2.45) is 0 Å². The Balaban J connectivity index is 1.57. The fourth-order valence-electron chi connectivity index (χ4n) is 5.02. The predicted molar refractivity (Wildman–Crippen MR) is 151 cm³/mol. The molecule has 5 rings (SSSR count). The molecule has 39 heavy (non-hydrogen) atoms. The third-order valence-corrected chi connectivity index (χ3v) is 7.18. The highest BCUT2D eigenvalue weighted by Crippen LogP contribution is 2.34. The Morgan fingerprint density at radius 3 is 2.18 bits per heavy atom. The first kappa shape index (κ1) is 26.8. The third kappa shape index (κ3) is 5.50. The minimum absolute atomic E-state index is 0.133. The lowest BCUT2D eigenvalue weighted by Crippen LogP contribution is -2.51. The summed E-state index contributed by atoms with van der Waals surface area (Å²) in [6, 6.07) is 22.0. The average molecular weight is 548 g/mol. The van der Waals surface area contributed by atoms with Crippen LogP contribution in [0, 0.1) is 5.82 Å². The molecule has 202 valence electrons. The number of carbonyl (C=O) groups is 2. The number of aromatic nitrogens is 1. The van der Waals surface area contributed by atoms with Crippen LogP contribution >= 0.6 is 11.6 Å². The number of ether oxygens (including phenoxy) is 1. The molecule has 1 aliphatic rings. The zero-order valence-corrected chi connectivity index (χ0v) is 23.0. The van der Waals surface area contributed by atoms with E-state index >= 15 is 4.39 Å². The van der Waals surface area contributed by atoms with Crippen LogP contribution in [0.25, 0.3) is 16.6 Å². The Morgan fingerprint density at radius 1 is 0.872 bits per heavy atom. The number of fused-ring (bicyclic) bond motifs is 1. The van der Waals surface area contributed by atoms with Crippen molar-refractivity contribution in [1.82, 2.24) is 14.4 Å². The Bertz CT molecular complexity index is 1500. The minimum atomic E-state index is -0.591. The summed E-state index contributed by atoms with van der Waals surface area (Å²) in [5.41, 5.74) is 2.63. The zero-order chi connectivity index (χ0) is 27.7. The second-order valence-electron chi connectivity index (χ2n) is 10.6.